The van der Waals surface area contributed by atoms with Crippen molar-refractivity contribution in [1.29, 1.82) is 0 Å². The molecule has 2 heterocycles. The fraction of sp³-hybridized carbons (Fsp3) is 0. The van der Waals surface area contributed by atoms with Crippen molar-refractivity contribution in [2.45, 2.75) is 0 Å². The molecule has 36 heavy (non-hydrogen) atoms. The number of furan rings is 1. The molecule has 0 radical (unpaired) electrons. The standard InChI is InChI=1S/C25H16N4O5S2/c30-19-9-8-15(13-17(19)24-27-18-6-1-2-7-22(18)36-24)26-25(35)28-23(31)21-11-10-20(34-21)14-4-3-5-16(12-14)29(32)33/h1-13,30H,(H2,26,28,31,35). The molecule has 5 aromatic rings. The third-order valence-corrected chi connectivity index (χ3v) is 6.45. The molecule has 0 aliphatic heterocycles. The van der Waals surface area contributed by atoms with E-state index in [2.05, 4.69) is 15.6 Å². The minimum absolute atomic E-state index is 0.0125. The van der Waals surface area contributed by atoms with Gasteiger partial charge in [-0.05, 0) is 54.7 Å². The van der Waals surface area contributed by atoms with Crippen molar-refractivity contribution < 1.29 is 19.2 Å². The summed E-state index contributed by atoms with van der Waals surface area (Å²) in [4.78, 5) is 27.7. The Morgan fingerprint density at radius 3 is 2.69 bits per heavy atom. The topological polar surface area (TPSA) is 131 Å². The summed E-state index contributed by atoms with van der Waals surface area (Å²) in [5, 5.41) is 27.5. The zero-order chi connectivity index (χ0) is 25.2. The van der Waals surface area contributed by atoms with Gasteiger partial charge in [0, 0.05) is 23.4 Å². The summed E-state index contributed by atoms with van der Waals surface area (Å²) < 4.78 is 6.57. The van der Waals surface area contributed by atoms with Crippen LogP contribution in [-0.2, 0) is 0 Å². The number of rotatable bonds is 5. The molecule has 3 aromatic carbocycles. The van der Waals surface area contributed by atoms with E-state index in [1.165, 1.54) is 41.7 Å². The molecule has 2 aromatic heterocycles. The molecule has 0 saturated carbocycles. The number of phenols is 1. The molecule has 3 N–H and O–H groups in total. The van der Waals surface area contributed by atoms with Crippen LogP contribution in [0.5, 0.6) is 5.75 Å². The van der Waals surface area contributed by atoms with Gasteiger partial charge in [-0.2, -0.15) is 0 Å². The number of aromatic nitrogens is 1. The molecule has 178 valence electrons. The summed E-state index contributed by atoms with van der Waals surface area (Å²) in [6.45, 7) is 0. The molecular formula is C25H16N4O5S2. The quantitative estimate of drug-likeness (QED) is 0.113. The Morgan fingerprint density at radius 2 is 1.89 bits per heavy atom. The van der Waals surface area contributed by atoms with Crippen molar-refractivity contribution in [3.05, 3.63) is 94.7 Å². The van der Waals surface area contributed by atoms with Crippen LogP contribution in [0.4, 0.5) is 11.4 Å². The number of phenolic OH excluding ortho intramolecular Hbond substituents is 1. The highest BCUT2D eigenvalue weighted by molar-refractivity contribution is 7.80. The van der Waals surface area contributed by atoms with E-state index < -0.39 is 10.8 Å². The number of thiocarbonyl (C=S) groups is 1. The van der Waals surface area contributed by atoms with E-state index in [0.29, 0.717) is 27.6 Å². The summed E-state index contributed by atoms with van der Waals surface area (Å²) in [6, 6.07) is 21.4. The lowest BCUT2D eigenvalue weighted by Crippen LogP contribution is -2.33. The van der Waals surface area contributed by atoms with Gasteiger partial charge in [-0.25, -0.2) is 4.98 Å². The number of nitrogens with zero attached hydrogens (tertiary/aromatic N) is 2. The predicted molar refractivity (Wildman–Crippen MR) is 141 cm³/mol. The van der Waals surface area contributed by atoms with Gasteiger partial charge in [-0.3, -0.25) is 20.2 Å². The summed E-state index contributed by atoms with van der Waals surface area (Å²) >= 11 is 6.72. The Bertz CT molecular complexity index is 1610. The molecule has 0 spiro atoms. The normalized spacial score (nSPS) is 10.8. The summed E-state index contributed by atoms with van der Waals surface area (Å²) in [6.07, 6.45) is 0. The van der Waals surface area contributed by atoms with Gasteiger partial charge in [-0.1, -0.05) is 24.3 Å². The molecular weight excluding hydrogens is 500 g/mol. The number of aromatic hydroxyl groups is 1. The Labute approximate surface area is 213 Å². The molecule has 0 bridgehead atoms. The molecule has 1 amide bonds. The van der Waals surface area contributed by atoms with E-state index in [9.17, 15) is 20.0 Å². The van der Waals surface area contributed by atoms with Crippen LogP contribution >= 0.6 is 23.6 Å². The largest absolute Gasteiger partial charge is 0.507 e. The fourth-order valence-electron chi connectivity index (χ4n) is 3.49. The van der Waals surface area contributed by atoms with Gasteiger partial charge in [0.15, 0.2) is 10.9 Å². The zero-order valence-electron chi connectivity index (χ0n) is 18.3. The fourth-order valence-corrected chi connectivity index (χ4v) is 4.69. The first-order chi connectivity index (χ1) is 17.4. The van der Waals surface area contributed by atoms with Crippen molar-refractivity contribution in [3.63, 3.8) is 0 Å². The number of amides is 1. The SMILES string of the molecule is O=C(NC(=S)Nc1ccc(O)c(-c2nc3ccccc3s2)c1)c1ccc(-c2cccc([N+](=O)[O-])c2)o1. The van der Waals surface area contributed by atoms with Crippen LogP contribution in [0.2, 0.25) is 0 Å². The van der Waals surface area contributed by atoms with Gasteiger partial charge < -0.3 is 14.8 Å². The predicted octanol–water partition coefficient (Wildman–Crippen LogP) is 5.96. The maximum absolute atomic E-state index is 12.6. The first kappa shape index (κ1) is 23.1. The van der Waals surface area contributed by atoms with E-state index in [0.717, 1.165) is 10.2 Å². The highest BCUT2D eigenvalue weighted by Crippen LogP contribution is 2.36. The number of non-ortho nitro benzene ring substituents is 1. The maximum atomic E-state index is 12.6. The van der Waals surface area contributed by atoms with Gasteiger partial charge in [0.05, 0.1) is 20.7 Å². The number of hydrogen-bond acceptors (Lipinski definition) is 8. The molecule has 0 unspecified atom stereocenters. The molecule has 9 nitrogen and oxygen atoms in total. The third-order valence-electron chi connectivity index (χ3n) is 5.18. The van der Waals surface area contributed by atoms with Gasteiger partial charge in [0.2, 0.25) is 0 Å². The summed E-state index contributed by atoms with van der Waals surface area (Å²) in [5.41, 5.74) is 2.29. The summed E-state index contributed by atoms with van der Waals surface area (Å²) in [5.74, 6) is -0.226. The Kier molecular flexibility index (Phi) is 6.15. The average molecular weight is 517 g/mol. The van der Waals surface area contributed by atoms with Crippen molar-refractivity contribution in [3.8, 4) is 27.6 Å². The second-order valence-corrected chi connectivity index (χ2v) is 9.04. The van der Waals surface area contributed by atoms with Gasteiger partial charge in [0.1, 0.15) is 16.5 Å². The molecule has 0 aliphatic rings. The minimum atomic E-state index is -0.589. The van der Waals surface area contributed by atoms with Gasteiger partial charge in [0.25, 0.3) is 11.6 Å². The number of nitro groups is 1. The third kappa shape index (κ3) is 4.78. The van der Waals surface area contributed by atoms with Crippen molar-refractivity contribution in [1.82, 2.24) is 10.3 Å². The number of fused-ring (bicyclic) bond motifs is 1. The monoisotopic (exact) mass is 516 g/mol. The number of thiazole rings is 1. The van der Waals surface area contributed by atoms with E-state index in [-0.39, 0.29) is 22.3 Å². The molecule has 0 atom stereocenters. The van der Waals surface area contributed by atoms with E-state index in [1.807, 2.05) is 24.3 Å². The number of benzene rings is 3. The van der Waals surface area contributed by atoms with Crippen molar-refractivity contribution in [2.75, 3.05) is 5.32 Å². The molecule has 0 fully saturated rings. The van der Waals surface area contributed by atoms with E-state index in [4.69, 9.17) is 16.6 Å². The minimum Gasteiger partial charge on any atom is -0.507 e. The number of carbonyl (C=O) groups is 1. The Morgan fingerprint density at radius 1 is 1.06 bits per heavy atom. The number of anilines is 1. The highest BCUT2D eigenvalue weighted by atomic mass is 32.1. The van der Waals surface area contributed by atoms with Crippen LogP contribution in [0.3, 0.4) is 0 Å². The lowest BCUT2D eigenvalue weighted by atomic mass is 10.1. The lowest BCUT2D eigenvalue weighted by Gasteiger charge is -2.10. The second-order valence-electron chi connectivity index (χ2n) is 7.60. The first-order valence-corrected chi connectivity index (χ1v) is 11.8. The van der Waals surface area contributed by atoms with Crippen LogP contribution in [0, 0.1) is 10.1 Å². The summed E-state index contributed by atoms with van der Waals surface area (Å²) in [7, 11) is 0. The number of nitrogens with one attached hydrogen (secondary N) is 2. The van der Waals surface area contributed by atoms with Crippen LogP contribution in [0.15, 0.2) is 83.3 Å². The molecule has 0 aliphatic carbocycles. The van der Waals surface area contributed by atoms with Crippen molar-refractivity contribution >= 4 is 56.2 Å². The highest BCUT2D eigenvalue weighted by Gasteiger charge is 2.16. The van der Waals surface area contributed by atoms with E-state index >= 15 is 0 Å². The smallest absolute Gasteiger partial charge is 0.293 e. The number of carbonyl (C=O) groups excluding carboxylic acids is 1. The maximum Gasteiger partial charge on any atom is 0.293 e. The van der Waals surface area contributed by atoms with Crippen molar-refractivity contribution in [2.24, 2.45) is 0 Å². The first-order valence-electron chi connectivity index (χ1n) is 10.5. The lowest BCUT2D eigenvalue weighted by molar-refractivity contribution is -0.384. The average Bonchev–Trinajstić information content (AvgIpc) is 3.53. The van der Waals surface area contributed by atoms with Crippen LogP contribution in [0.25, 0.3) is 32.1 Å². The molecule has 5 rings (SSSR count). The van der Waals surface area contributed by atoms with Crippen LogP contribution in [-0.4, -0.2) is 26.0 Å². The number of para-hydroxylation sites is 1. The van der Waals surface area contributed by atoms with Crippen LogP contribution < -0.4 is 10.6 Å². The van der Waals surface area contributed by atoms with E-state index in [1.54, 1.807) is 24.3 Å². The van der Waals surface area contributed by atoms with Gasteiger partial charge in [-0.15, -0.1) is 11.3 Å². The Hall–Kier alpha value is -4.61. The molecule has 0 saturated heterocycles. The number of hydrogen-bond donors (Lipinski definition) is 3. The Balaban J connectivity index is 1.29. The number of nitro benzene ring substituents is 1. The molecule has 11 heteroatoms. The second kappa shape index (κ2) is 9.56. The van der Waals surface area contributed by atoms with Gasteiger partial charge >= 0.3 is 0 Å². The van der Waals surface area contributed by atoms with Crippen LogP contribution in [0.1, 0.15) is 10.6 Å². The zero-order valence-corrected chi connectivity index (χ0v) is 19.9.